The fraction of sp³-hybridized carbons (Fsp3) is 0.286. The smallest absolute Gasteiger partial charge is 0.232 e. The van der Waals surface area contributed by atoms with Gasteiger partial charge in [0.2, 0.25) is 5.88 Å². The summed E-state index contributed by atoms with van der Waals surface area (Å²) in [4.78, 5) is 4.39. The van der Waals surface area contributed by atoms with Gasteiger partial charge in [-0.15, -0.1) is 0 Å². The zero-order chi connectivity index (χ0) is 12.5. The molecule has 0 aliphatic heterocycles. The van der Waals surface area contributed by atoms with Gasteiger partial charge in [0.25, 0.3) is 0 Å². The number of rotatable bonds is 1. The molecule has 2 rings (SSSR count). The number of hydrogen-bond donors (Lipinski definition) is 0. The summed E-state index contributed by atoms with van der Waals surface area (Å²) in [7, 11) is 0. The number of nitriles is 1. The van der Waals surface area contributed by atoms with Gasteiger partial charge in [0.05, 0.1) is 5.52 Å². The van der Waals surface area contributed by atoms with E-state index in [9.17, 15) is 0 Å². The van der Waals surface area contributed by atoms with Gasteiger partial charge in [-0.3, -0.25) is 0 Å². The van der Waals surface area contributed by atoms with Crippen molar-refractivity contribution in [3.8, 4) is 11.9 Å². The predicted molar refractivity (Wildman–Crippen MR) is 66.8 cm³/mol. The molecular formula is C14H14N2O. The second-order valence-corrected chi connectivity index (χ2v) is 4.86. The molecule has 1 heterocycles. The summed E-state index contributed by atoms with van der Waals surface area (Å²) < 4.78 is 5.70. The molecule has 3 heteroatoms. The molecule has 0 spiro atoms. The van der Waals surface area contributed by atoms with E-state index in [1.807, 2.05) is 51.1 Å². The third kappa shape index (κ3) is 2.54. The molecule has 0 aliphatic rings. The predicted octanol–water partition coefficient (Wildman–Crippen LogP) is 3.28. The van der Waals surface area contributed by atoms with Crippen LogP contribution < -0.4 is 4.74 Å². The monoisotopic (exact) mass is 226 g/mol. The van der Waals surface area contributed by atoms with Gasteiger partial charge in [0.15, 0.2) is 0 Å². The normalized spacial score (nSPS) is 11.2. The molecule has 0 amide bonds. The van der Waals surface area contributed by atoms with E-state index < -0.39 is 0 Å². The van der Waals surface area contributed by atoms with Crippen LogP contribution in [0.5, 0.6) is 5.88 Å². The minimum absolute atomic E-state index is 0.360. The highest BCUT2D eigenvalue weighted by Gasteiger charge is 2.16. The summed E-state index contributed by atoms with van der Waals surface area (Å²) in [5.74, 6) is 0.402. The minimum Gasteiger partial charge on any atom is -0.471 e. The summed E-state index contributed by atoms with van der Waals surface area (Å²) in [5.41, 5.74) is 0.950. The first-order chi connectivity index (χ1) is 7.99. The lowest BCUT2D eigenvalue weighted by molar-refractivity contribution is 0.124. The molecule has 1 aromatic carbocycles. The van der Waals surface area contributed by atoms with E-state index in [1.165, 1.54) is 0 Å². The highest BCUT2D eigenvalue weighted by Crippen LogP contribution is 2.24. The number of fused-ring (bicyclic) bond motifs is 1. The van der Waals surface area contributed by atoms with Gasteiger partial charge in [-0.05, 0) is 32.9 Å². The third-order valence-corrected chi connectivity index (χ3v) is 2.21. The van der Waals surface area contributed by atoms with Gasteiger partial charge in [-0.1, -0.05) is 18.2 Å². The molecule has 0 atom stereocenters. The maximum absolute atomic E-state index is 9.10. The highest BCUT2D eigenvalue weighted by molar-refractivity contribution is 5.80. The van der Waals surface area contributed by atoms with Gasteiger partial charge in [-0.25, -0.2) is 4.98 Å². The molecular weight excluding hydrogens is 212 g/mol. The number of pyridine rings is 1. The van der Waals surface area contributed by atoms with Crippen molar-refractivity contribution in [2.75, 3.05) is 0 Å². The van der Waals surface area contributed by atoms with Gasteiger partial charge in [0.1, 0.15) is 17.2 Å². The molecule has 0 saturated heterocycles. The summed E-state index contributed by atoms with van der Waals surface area (Å²) in [6, 6.07) is 11.6. The molecule has 2 aromatic rings. The molecule has 3 nitrogen and oxygen atoms in total. The molecule has 0 saturated carbocycles. The fourth-order valence-electron chi connectivity index (χ4n) is 1.55. The first-order valence-electron chi connectivity index (χ1n) is 5.48. The standard InChI is InChI=1S/C14H14N2O/c1-14(2,3)17-13-11(9-15)8-10-6-4-5-7-12(10)16-13/h4-8H,1-3H3. The zero-order valence-corrected chi connectivity index (χ0v) is 10.2. The van der Waals surface area contributed by atoms with Crippen molar-refractivity contribution in [2.45, 2.75) is 26.4 Å². The van der Waals surface area contributed by atoms with Crippen molar-refractivity contribution in [1.82, 2.24) is 4.98 Å². The Morgan fingerprint density at radius 2 is 1.94 bits per heavy atom. The highest BCUT2D eigenvalue weighted by atomic mass is 16.5. The lowest BCUT2D eigenvalue weighted by Gasteiger charge is -2.21. The zero-order valence-electron chi connectivity index (χ0n) is 10.2. The first-order valence-corrected chi connectivity index (χ1v) is 5.48. The SMILES string of the molecule is CC(C)(C)Oc1nc2ccccc2cc1C#N. The summed E-state index contributed by atoms with van der Waals surface area (Å²) in [6.45, 7) is 5.81. The van der Waals surface area contributed by atoms with Gasteiger partial charge >= 0.3 is 0 Å². The minimum atomic E-state index is -0.360. The van der Waals surface area contributed by atoms with E-state index in [0.29, 0.717) is 11.4 Å². The van der Waals surface area contributed by atoms with Crippen molar-refractivity contribution in [3.05, 3.63) is 35.9 Å². The van der Waals surface area contributed by atoms with Gasteiger partial charge in [-0.2, -0.15) is 5.26 Å². The topological polar surface area (TPSA) is 45.9 Å². The molecule has 0 N–H and O–H groups in total. The Morgan fingerprint density at radius 1 is 1.24 bits per heavy atom. The lowest BCUT2D eigenvalue weighted by Crippen LogP contribution is -2.24. The lowest BCUT2D eigenvalue weighted by atomic mass is 10.1. The van der Waals surface area contributed by atoms with Crippen LogP contribution in [0.1, 0.15) is 26.3 Å². The van der Waals surface area contributed by atoms with Crippen LogP contribution in [0.3, 0.4) is 0 Å². The van der Waals surface area contributed by atoms with Crippen LogP contribution in [0, 0.1) is 11.3 Å². The Kier molecular flexibility index (Phi) is 2.72. The Bertz CT molecular complexity index is 591. The van der Waals surface area contributed by atoms with Crippen molar-refractivity contribution in [1.29, 1.82) is 5.26 Å². The summed E-state index contributed by atoms with van der Waals surface area (Å²) in [6.07, 6.45) is 0. The Morgan fingerprint density at radius 3 is 2.59 bits per heavy atom. The molecule has 17 heavy (non-hydrogen) atoms. The average Bonchev–Trinajstić information content (AvgIpc) is 2.26. The van der Waals surface area contributed by atoms with E-state index in [1.54, 1.807) is 0 Å². The number of nitrogens with zero attached hydrogens (tertiary/aromatic N) is 2. The Hall–Kier alpha value is -2.08. The molecule has 0 fully saturated rings. The Balaban J connectivity index is 2.58. The number of para-hydroxylation sites is 1. The molecule has 0 radical (unpaired) electrons. The van der Waals surface area contributed by atoms with E-state index in [-0.39, 0.29) is 5.60 Å². The van der Waals surface area contributed by atoms with Crippen molar-refractivity contribution in [3.63, 3.8) is 0 Å². The molecule has 0 bridgehead atoms. The maximum atomic E-state index is 9.10. The van der Waals surface area contributed by atoms with E-state index >= 15 is 0 Å². The molecule has 1 aromatic heterocycles. The maximum Gasteiger partial charge on any atom is 0.232 e. The number of ether oxygens (including phenoxy) is 1. The van der Waals surface area contributed by atoms with Crippen molar-refractivity contribution < 1.29 is 4.74 Å². The van der Waals surface area contributed by atoms with Gasteiger partial charge in [0, 0.05) is 5.39 Å². The number of aromatic nitrogens is 1. The second kappa shape index (κ2) is 4.06. The molecule has 0 aliphatic carbocycles. The van der Waals surface area contributed by atoms with E-state index in [4.69, 9.17) is 10.00 Å². The summed E-state index contributed by atoms with van der Waals surface area (Å²) in [5, 5.41) is 10.1. The van der Waals surface area contributed by atoms with Crippen molar-refractivity contribution in [2.24, 2.45) is 0 Å². The van der Waals surface area contributed by atoms with Crippen LogP contribution in [-0.2, 0) is 0 Å². The fourth-order valence-corrected chi connectivity index (χ4v) is 1.55. The summed E-state index contributed by atoms with van der Waals surface area (Å²) >= 11 is 0. The second-order valence-electron chi connectivity index (χ2n) is 4.86. The van der Waals surface area contributed by atoms with Crippen LogP contribution in [0.25, 0.3) is 10.9 Å². The van der Waals surface area contributed by atoms with Crippen LogP contribution in [0.15, 0.2) is 30.3 Å². The van der Waals surface area contributed by atoms with Gasteiger partial charge < -0.3 is 4.74 Å². The number of hydrogen-bond acceptors (Lipinski definition) is 3. The largest absolute Gasteiger partial charge is 0.471 e. The molecule has 0 unspecified atom stereocenters. The third-order valence-electron chi connectivity index (χ3n) is 2.21. The Labute approximate surface area is 101 Å². The quantitative estimate of drug-likeness (QED) is 0.749. The molecule has 86 valence electrons. The van der Waals surface area contributed by atoms with Crippen molar-refractivity contribution >= 4 is 10.9 Å². The number of benzene rings is 1. The first kappa shape index (κ1) is 11.4. The van der Waals surface area contributed by atoms with Crippen LogP contribution in [0.2, 0.25) is 0 Å². The van der Waals surface area contributed by atoms with E-state index in [2.05, 4.69) is 11.1 Å². The van der Waals surface area contributed by atoms with Crippen LogP contribution >= 0.6 is 0 Å². The van der Waals surface area contributed by atoms with E-state index in [0.717, 1.165) is 10.9 Å². The van der Waals surface area contributed by atoms with Crippen LogP contribution in [-0.4, -0.2) is 10.6 Å². The van der Waals surface area contributed by atoms with Crippen LogP contribution in [0.4, 0.5) is 0 Å². The average molecular weight is 226 g/mol.